The normalized spacial score (nSPS) is 24.4. The summed E-state index contributed by atoms with van der Waals surface area (Å²) in [6.45, 7) is 2.85. The van der Waals surface area contributed by atoms with Crippen molar-refractivity contribution >= 4 is 17.5 Å². The lowest BCUT2D eigenvalue weighted by Gasteiger charge is -2.29. The molecule has 1 saturated heterocycles. The van der Waals surface area contributed by atoms with Crippen LogP contribution in [0.15, 0.2) is 30.3 Å². The van der Waals surface area contributed by atoms with Crippen LogP contribution >= 0.6 is 0 Å². The minimum atomic E-state index is -0.886. The monoisotopic (exact) mass is 490 g/mol. The number of carboxylic acids is 1. The van der Waals surface area contributed by atoms with Crippen molar-refractivity contribution < 1.29 is 19.1 Å². The largest absolute Gasteiger partial charge is 0.481 e. The number of carboxylic acid groups (broad SMARTS) is 1. The summed E-state index contributed by atoms with van der Waals surface area (Å²) in [6.07, 6.45) is 7.93. The maximum Gasteiger partial charge on any atom is 0.307 e. The third kappa shape index (κ3) is 3.96. The maximum atomic E-state index is 15.6. The summed E-state index contributed by atoms with van der Waals surface area (Å²) in [5, 5.41) is 14.0. The molecule has 1 aromatic carbocycles. The molecule has 3 fully saturated rings. The van der Waals surface area contributed by atoms with Crippen LogP contribution in [0.25, 0.3) is 16.9 Å². The van der Waals surface area contributed by atoms with Crippen molar-refractivity contribution in [2.45, 2.75) is 76.2 Å². The van der Waals surface area contributed by atoms with Crippen molar-refractivity contribution in [3.05, 3.63) is 53.1 Å². The molecule has 7 nitrogen and oxygen atoms in total. The number of hydrogen-bond donors (Lipinski definition) is 1. The van der Waals surface area contributed by atoms with Crippen molar-refractivity contribution in [3.8, 4) is 11.3 Å². The van der Waals surface area contributed by atoms with Crippen molar-refractivity contribution in [1.29, 1.82) is 0 Å². The molecule has 36 heavy (non-hydrogen) atoms. The van der Waals surface area contributed by atoms with Gasteiger partial charge < -0.3 is 10.0 Å². The van der Waals surface area contributed by atoms with E-state index in [4.69, 9.17) is 10.1 Å². The molecule has 1 N–H and O–H groups in total. The molecule has 3 atom stereocenters. The molecule has 2 saturated carbocycles. The molecule has 3 aromatic rings. The van der Waals surface area contributed by atoms with E-state index in [1.165, 1.54) is 0 Å². The second-order valence-corrected chi connectivity index (χ2v) is 10.7. The summed E-state index contributed by atoms with van der Waals surface area (Å²) in [6, 6.07) is 8.91. The summed E-state index contributed by atoms with van der Waals surface area (Å²) < 4.78 is 17.3. The van der Waals surface area contributed by atoms with Gasteiger partial charge in [-0.25, -0.2) is 13.9 Å². The van der Waals surface area contributed by atoms with Crippen molar-refractivity contribution in [2.75, 3.05) is 6.54 Å². The standard InChI is InChI=1S/C28H31FN4O3/c1-16-7-3-2-4-12-32(16)27(34)23-14-24(17-8-5-9-17)33-25(30-23)15-22(31-33)19-11-6-10-18(26(19)29)20-13-21(20)28(35)36/h6,10-11,14-17,20-21H,2-5,7-9,12-13H2,1H3,(H,35,36)/t16-,20-,21+/m1/s1. The minimum Gasteiger partial charge on any atom is -0.481 e. The molecule has 1 amide bonds. The number of nitrogens with zero attached hydrogens (tertiary/aromatic N) is 4. The number of likely N-dealkylation sites (tertiary alicyclic amines) is 1. The van der Waals surface area contributed by atoms with Crippen LogP contribution in [0.1, 0.15) is 91.9 Å². The zero-order valence-electron chi connectivity index (χ0n) is 20.5. The molecule has 2 aromatic heterocycles. The van der Waals surface area contributed by atoms with Crippen molar-refractivity contribution in [2.24, 2.45) is 5.92 Å². The fourth-order valence-electron chi connectivity index (χ4n) is 5.80. The van der Waals surface area contributed by atoms with Gasteiger partial charge in [-0.05, 0) is 56.7 Å². The van der Waals surface area contributed by atoms with Crippen LogP contribution in [-0.2, 0) is 4.79 Å². The highest BCUT2D eigenvalue weighted by atomic mass is 19.1. The van der Waals surface area contributed by atoms with E-state index in [1.807, 2.05) is 11.0 Å². The molecule has 2 aliphatic carbocycles. The fourth-order valence-corrected chi connectivity index (χ4v) is 5.80. The van der Waals surface area contributed by atoms with E-state index in [0.717, 1.165) is 57.2 Å². The summed E-state index contributed by atoms with van der Waals surface area (Å²) in [5.41, 5.74) is 3.13. The van der Waals surface area contributed by atoms with E-state index >= 15 is 4.39 Å². The van der Waals surface area contributed by atoms with E-state index in [-0.39, 0.29) is 17.9 Å². The lowest BCUT2D eigenvalue weighted by Crippen LogP contribution is -2.38. The number of amides is 1. The Balaban J connectivity index is 1.40. The highest BCUT2D eigenvalue weighted by Gasteiger charge is 2.45. The number of carbonyl (C=O) groups is 2. The number of hydrogen-bond acceptors (Lipinski definition) is 4. The average molecular weight is 491 g/mol. The third-order valence-corrected chi connectivity index (χ3v) is 8.32. The van der Waals surface area contributed by atoms with E-state index in [9.17, 15) is 14.7 Å². The molecular weight excluding hydrogens is 459 g/mol. The van der Waals surface area contributed by atoms with Gasteiger partial charge in [0.25, 0.3) is 5.91 Å². The average Bonchev–Trinajstić information content (AvgIpc) is 3.55. The summed E-state index contributed by atoms with van der Waals surface area (Å²) in [5.74, 6) is -1.88. The lowest BCUT2D eigenvalue weighted by molar-refractivity contribution is -0.138. The van der Waals surface area contributed by atoms with Gasteiger partial charge >= 0.3 is 5.97 Å². The first-order valence-electron chi connectivity index (χ1n) is 13.2. The van der Waals surface area contributed by atoms with Gasteiger partial charge in [0, 0.05) is 41.7 Å². The van der Waals surface area contributed by atoms with Crippen LogP contribution in [0.5, 0.6) is 0 Å². The number of aromatic nitrogens is 3. The van der Waals surface area contributed by atoms with E-state index in [1.54, 1.807) is 28.8 Å². The van der Waals surface area contributed by atoms with Crippen molar-refractivity contribution in [3.63, 3.8) is 0 Å². The van der Waals surface area contributed by atoms with E-state index in [0.29, 0.717) is 40.5 Å². The second-order valence-electron chi connectivity index (χ2n) is 10.7. The van der Waals surface area contributed by atoms with Gasteiger partial charge in [-0.15, -0.1) is 0 Å². The van der Waals surface area contributed by atoms with E-state index < -0.39 is 17.7 Å². The van der Waals surface area contributed by atoms with Gasteiger partial charge in [0.15, 0.2) is 5.65 Å². The first-order valence-corrected chi connectivity index (χ1v) is 13.2. The smallest absolute Gasteiger partial charge is 0.307 e. The summed E-state index contributed by atoms with van der Waals surface area (Å²) in [4.78, 5) is 31.5. The first kappa shape index (κ1) is 23.1. The zero-order valence-corrected chi connectivity index (χ0v) is 20.5. The first-order chi connectivity index (χ1) is 17.4. The van der Waals surface area contributed by atoms with E-state index in [2.05, 4.69) is 6.92 Å². The van der Waals surface area contributed by atoms with Crippen LogP contribution in [0.3, 0.4) is 0 Å². The molecule has 0 spiro atoms. The van der Waals surface area contributed by atoms with Gasteiger partial charge in [-0.2, -0.15) is 5.10 Å². The van der Waals surface area contributed by atoms with Crippen molar-refractivity contribution in [1.82, 2.24) is 19.5 Å². The molecule has 0 bridgehead atoms. The Morgan fingerprint density at radius 3 is 2.64 bits per heavy atom. The maximum absolute atomic E-state index is 15.6. The fraction of sp³-hybridized carbons (Fsp3) is 0.500. The Labute approximate surface area is 209 Å². The van der Waals surface area contributed by atoms with Crippen LogP contribution in [-0.4, -0.2) is 49.1 Å². The van der Waals surface area contributed by atoms with Crippen LogP contribution in [0, 0.1) is 11.7 Å². The number of halogens is 1. The van der Waals surface area contributed by atoms with Gasteiger partial charge in [-0.1, -0.05) is 31.4 Å². The number of benzene rings is 1. The van der Waals surface area contributed by atoms with Gasteiger partial charge in [0.1, 0.15) is 11.5 Å². The molecule has 1 aliphatic heterocycles. The van der Waals surface area contributed by atoms with Crippen LogP contribution < -0.4 is 0 Å². The Morgan fingerprint density at radius 2 is 1.92 bits per heavy atom. The predicted molar refractivity (Wildman–Crippen MR) is 132 cm³/mol. The Hall–Kier alpha value is -3.29. The zero-order chi connectivity index (χ0) is 25.0. The minimum absolute atomic E-state index is 0.0446. The van der Waals surface area contributed by atoms with Crippen LogP contribution in [0.4, 0.5) is 4.39 Å². The molecule has 188 valence electrons. The molecular formula is C28H31FN4O3. The van der Waals surface area contributed by atoms with Gasteiger partial charge in [0.05, 0.1) is 11.6 Å². The quantitative estimate of drug-likeness (QED) is 0.518. The Morgan fingerprint density at radius 1 is 1.08 bits per heavy atom. The predicted octanol–water partition coefficient (Wildman–Crippen LogP) is 5.40. The van der Waals surface area contributed by atoms with Gasteiger partial charge in [0.2, 0.25) is 0 Å². The Kier molecular flexibility index (Phi) is 5.77. The molecule has 3 aliphatic rings. The number of aliphatic carboxylic acids is 1. The van der Waals surface area contributed by atoms with Crippen LogP contribution in [0.2, 0.25) is 0 Å². The SMILES string of the molecule is C[C@@H]1CCCCCN1C(=O)c1cc(C2CCC2)n2nc(-c3cccc([C@H]4C[C@@H]4C(=O)O)c3F)cc2n1. The van der Waals surface area contributed by atoms with Gasteiger partial charge in [-0.3, -0.25) is 9.59 Å². The third-order valence-electron chi connectivity index (χ3n) is 8.32. The Bertz CT molecular complexity index is 1350. The number of rotatable bonds is 5. The molecule has 8 heteroatoms. The highest BCUT2D eigenvalue weighted by Crippen LogP contribution is 2.49. The lowest BCUT2D eigenvalue weighted by atomic mass is 9.82. The summed E-state index contributed by atoms with van der Waals surface area (Å²) in [7, 11) is 0. The summed E-state index contributed by atoms with van der Waals surface area (Å²) >= 11 is 0. The molecule has 6 rings (SSSR count). The number of fused-ring (bicyclic) bond motifs is 1. The topological polar surface area (TPSA) is 87.8 Å². The molecule has 3 heterocycles. The molecule has 0 radical (unpaired) electrons. The molecule has 0 unspecified atom stereocenters. The highest BCUT2D eigenvalue weighted by molar-refractivity contribution is 5.93. The second kappa shape index (κ2) is 8.98. The number of carbonyl (C=O) groups excluding carboxylic acids is 1.